The van der Waals surface area contributed by atoms with Gasteiger partial charge in [-0.05, 0) is 0 Å². The number of H-pyrrole nitrogens is 1. The van der Waals surface area contributed by atoms with Gasteiger partial charge in [-0.3, -0.25) is 4.79 Å². The first kappa shape index (κ1) is 14.3. The molecule has 0 unspecified atom stereocenters. The van der Waals surface area contributed by atoms with Crippen molar-refractivity contribution in [1.29, 1.82) is 0 Å². The Balaban J connectivity index is 2.17. The summed E-state index contributed by atoms with van der Waals surface area (Å²) in [5, 5.41) is 6.15. The van der Waals surface area contributed by atoms with E-state index in [1.807, 2.05) is 30.9 Å². The van der Waals surface area contributed by atoms with E-state index in [1.165, 1.54) is 6.20 Å². The summed E-state index contributed by atoms with van der Waals surface area (Å²) in [4.78, 5) is 23.5. The highest BCUT2D eigenvalue weighted by molar-refractivity contribution is 6.32. The van der Waals surface area contributed by atoms with Crippen LogP contribution in [0.4, 0.5) is 11.6 Å². The molecule has 20 heavy (non-hydrogen) atoms. The fourth-order valence-corrected chi connectivity index (χ4v) is 1.90. The van der Waals surface area contributed by atoms with E-state index in [-0.39, 0.29) is 5.02 Å². The number of anilines is 2. The SMILES string of the molecule is CN(C)c1ncc(CN(C)c2cn[nH]c(=O)c2Cl)cn1. The van der Waals surface area contributed by atoms with E-state index in [0.29, 0.717) is 18.2 Å². The third kappa shape index (κ3) is 3.05. The van der Waals surface area contributed by atoms with E-state index in [2.05, 4.69) is 20.2 Å². The highest BCUT2D eigenvalue weighted by Gasteiger charge is 2.10. The van der Waals surface area contributed by atoms with Gasteiger partial charge < -0.3 is 9.80 Å². The molecule has 0 aromatic carbocycles. The lowest BCUT2D eigenvalue weighted by molar-refractivity contribution is 0.875. The third-order valence-corrected chi connectivity index (χ3v) is 3.07. The van der Waals surface area contributed by atoms with Crippen LogP contribution >= 0.6 is 11.6 Å². The van der Waals surface area contributed by atoms with Crippen molar-refractivity contribution < 1.29 is 0 Å². The normalized spacial score (nSPS) is 10.4. The molecule has 1 N–H and O–H groups in total. The molecule has 0 saturated heterocycles. The first-order valence-electron chi connectivity index (χ1n) is 5.91. The molecule has 8 heteroatoms. The lowest BCUT2D eigenvalue weighted by Gasteiger charge is -2.19. The molecule has 0 spiro atoms. The average Bonchev–Trinajstić information content (AvgIpc) is 2.42. The van der Waals surface area contributed by atoms with Gasteiger partial charge in [0, 0.05) is 45.6 Å². The maximum absolute atomic E-state index is 11.4. The molecule has 0 atom stereocenters. The molecule has 0 aliphatic heterocycles. The zero-order valence-electron chi connectivity index (χ0n) is 11.5. The summed E-state index contributed by atoms with van der Waals surface area (Å²) in [5.74, 6) is 0.646. The van der Waals surface area contributed by atoms with Gasteiger partial charge in [0.1, 0.15) is 5.02 Å². The van der Waals surface area contributed by atoms with Crippen molar-refractivity contribution in [2.75, 3.05) is 30.9 Å². The molecule has 0 saturated carbocycles. The Kier molecular flexibility index (Phi) is 4.19. The standard InChI is InChI=1S/C12H15ClN6O/c1-18(2)12-14-4-8(5-15-12)7-19(3)9-6-16-17-11(20)10(9)13/h4-6H,7H2,1-3H3,(H,17,20). The second-order valence-corrected chi connectivity index (χ2v) is 4.92. The zero-order valence-corrected chi connectivity index (χ0v) is 12.2. The Bertz CT molecular complexity index is 639. The van der Waals surface area contributed by atoms with Crippen molar-refractivity contribution in [3.8, 4) is 0 Å². The van der Waals surface area contributed by atoms with Crippen LogP contribution in [-0.2, 0) is 6.54 Å². The number of aromatic nitrogens is 4. The molecule has 7 nitrogen and oxygen atoms in total. The molecule has 0 fully saturated rings. The van der Waals surface area contributed by atoms with Gasteiger partial charge in [0.2, 0.25) is 5.95 Å². The van der Waals surface area contributed by atoms with E-state index in [0.717, 1.165) is 5.56 Å². The van der Waals surface area contributed by atoms with Crippen LogP contribution < -0.4 is 15.4 Å². The molecular formula is C12H15ClN6O. The molecule has 2 heterocycles. The first-order chi connectivity index (χ1) is 9.49. The monoisotopic (exact) mass is 294 g/mol. The number of nitrogens with zero attached hydrogens (tertiary/aromatic N) is 5. The number of nitrogens with one attached hydrogen (secondary N) is 1. The molecule has 2 rings (SSSR count). The van der Waals surface area contributed by atoms with Gasteiger partial charge in [0.25, 0.3) is 5.56 Å². The van der Waals surface area contributed by atoms with Gasteiger partial charge in [0.15, 0.2) is 0 Å². The second-order valence-electron chi connectivity index (χ2n) is 4.54. The van der Waals surface area contributed by atoms with Crippen molar-refractivity contribution in [2.24, 2.45) is 0 Å². The first-order valence-corrected chi connectivity index (χ1v) is 6.29. The van der Waals surface area contributed by atoms with Crippen molar-refractivity contribution in [3.63, 3.8) is 0 Å². The Hall–Kier alpha value is -2.15. The summed E-state index contributed by atoms with van der Waals surface area (Å²) in [5.41, 5.74) is 1.07. The Morgan fingerprint density at radius 3 is 2.45 bits per heavy atom. The summed E-state index contributed by atoms with van der Waals surface area (Å²) in [6, 6.07) is 0. The van der Waals surface area contributed by atoms with E-state index < -0.39 is 5.56 Å². The van der Waals surface area contributed by atoms with Crippen molar-refractivity contribution in [3.05, 3.63) is 39.5 Å². The number of hydrogen-bond acceptors (Lipinski definition) is 6. The quantitative estimate of drug-likeness (QED) is 0.903. The summed E-state index contributed by atoms with van der Waals surface area (Å²) in [7, 11) is 5.58. The number of rotatable bonds is 4. The summed E-state index contributed by atoms with van der Waals surface area (Å²) in [6.07, 6.45) is 5.00. The fourth-order valence-electron chi connectivity index (χ4n) is 1.66. The number of aromatic amines is 1. The summed E-state index contributed by atoms with van der Waals surface area (Å²) >= 11 is 5.96. The molecule has 2 aromatic heterocycles. The molecule has 0 amide bonds. The number of halogens is 1. The predicted octanol–water partition coefficient (Wildman–Crippen LogP) is 0.916. The fraction of sp³-hybridized carbons (Fsp3) is 0.333. The minimum Gasteiger partial charge on any atom is -0.367 e. The van der Waals surface area contributed by atoms with Crippen molar-refractivity contribution in [2.45, 2.75) is 6.54 Å². The summed E-state index contributed by atoms with van der Waals surface area (Å²) in [6.45, 7) is 0.526. The Morgan fingerprint density at radius 1 is 1.20 bits per heavy atom. The van der Waals surface area contributed by atoms with Crippen molar-refractivity contribution >= 4 is 23.2 Å². The van der Waals surface area contributed by atoms with Gasteiger partial charge in [-0.1, -0.05) is 11.6 Å². The molecule has 0 aliphatic carbocycles. The van der Waals surface area contributed by atoms with E-state index in [1.54, 1.807) is 12.4 Å². The Labute approximate surface area is 121 Å². The number of hydrogen-bond donors (Lipinski definition) is 1. The second kappa shape index (κ2) is 5.87. The minimum atomic E-state index is -0.407. The van der Waals surface area contributed by atoms with Gasteiger partial charge in [-0.15, -0.1) is 0 Å². The largest absolute Gasteiger partial charge is 0.367 e. The molecule has 106 valence electrons. The molecule has 2 aromatic rings. The average molecular weight is 295 g/mol. The molecule has 0 radical (unpaired) electrons. The van der Waals surface area contributed by atoms with Gasteiger partial charge >= 0.3 is 0 Å². The van der Waals surface area contributed by atoms with Crippen LogP contribution in [0, 0.1) is 0 Å². The smallest absolute Gasteiger partial charge is 0.285 e. The Morgan fingerprint density at radius 2 is 1.85 bits per heavy atom. The summed E-state index contributed by atoms with van der Waals surface area (Å²) < 4.78 is 0. The van der Waals surface area contributed by atoms with Crippen LogP contribution in [0.5, 0.6) is 0 Å². The molecule has 0 bridgehead atoms. The van der Waals surface area contributed by atoms with Crippen LogP contribution in [-0.4, -0.2) is 41.3 Å². The lowest BCUT2D eigenvalue weighted by atomic mass is 10.3. The lowest BCUT2D eigenvalue weighted by Crippen LogP contribution is -2.21. The van der Waals surface area contributed by atoms with E-state index >= 15 is 0 Å². The van der Waals surface area contributed by atoms with Crippen LogP contribution in [0.15, 0.2) is 23.4 Å². The van der Waals surface area contributed by atoms with E-state index in [4.69, 9.17) is 11.6 Å². The van der Waals surface area contributed by atoms with Gasteiger partial charge in [0.05, 0.1) is 11.9 Å². The predicted molar refractivity (Wildman–Crippen MR) is 78.3 cm³/mol. The van der Waals surface area contributed by atoms with E-state index in [9.17, 15) is 4.79 Å². The minimum absolute atomic E-state index is 0.119. The maximum atomic E-state index is 11.4. The highest BCUT2D eigenvalue weighted by atomic mass is 35.5. The van der Waals surface area contributed by atoms with Crippen LogP contribution in [0.25, 0.3) is 0 Å². The zero-order chi connectivity index (χ0) is 14.7. The van der Waals surface area contributed by atoms with Crippen LogP contribution in [0.3, 0.4) is 0 Å². The topological polar surface area (TPSA) is 78.0 Å². The van der Waals surface area contributed by atoms with Crippen LogP contribution in [0.1, 0.15) is 5.56 Å². The van der Waals surface area contributed by atoms with Gasteiger partial charge in [-0.2, -0.15) is 5.10 Å². The molecular weight excluding hydrogens is 280 g/mol. The van der Waals surface area contributed by atoms with Gasteiger partial charge in [-0.25, -0.2) is 15.1 Å². The molecule has 0 aliphatic rings. The van der Waals surface area contributed by atoms with Crippen LogP contribution in [0.2, 0.25) is 5.02 Å². The maximum Gasteiger partial charge on any atom is 0.285 e. The van der Waals surface area contributed by atoms with Crippen molar-refractivity contribution in [1.82, 2.24) is 20.2 Å². The highest BCUT2D eigenvalue weighted by Crippen LogP contribution is 2.20. The third-order valence-electron chi connectivity index (χ3n) is 2.70.